The molecule has 2 rings (SSSR count). The fraction of sp³-hybridized carbons (Fsp3) is 0.167. The zero-order valence-corrected chi connectivity index (χ0v) is 19.0. The normalized spacial score (nSPS) is 12.6. The number of aromatic hydroxyl groups is 2. The van der Waals surface area contributed by atoms with Gasteiger partial charge in [-0.05, 0) is 47.5 Å². The van der Waals surface area contributed by atoms with Gasteiger partial charge in [0.15, 0.2) is 23.0 Å². The van der Waals surface area contributed by atoms with Crippen LogP contribution in [0.3, 0.4) is 0 Å². The predicted octanol–water partition coefficient (Wildman–Crippen LogP) is 1.83. The van der Waals surface area contributed by atoms with Crippen molar-refractivity contribution >= 4 is 36.0 Å². The van der Waals surface area contributed by atoms with Gasteiger partial charge in [-0.15, -0.1) is 0 Å². The van der Waals surface area contributed by atoms with E-state index in [1.807, 2.05) is 0 Å². The molecule has 0 aliphatic carbocycles. The number of rotatable bonds is 11. The van der Waals surface area contributed by atoms with Crippen molar-refractivity contribution in [2.45, 2.75) is 12.2 Å². The molecular formula is C24H22O12. The molecule has 0 amide bonds. The molecule has 0 aliphatic heterocycles. The molecule has 0 radical (unpaired) electrons. The number of phenolic OH excluding ortho intramolecular Hbond substituents is 2. The topological polar surface area (TPSA) is 186 Å². The summed E-state index contributed by atoms with van der Waals surface area (Å²) in [5.74, 6) is -6.25. The van der Waals surface area contributed by atoms with E-state index in [1.54, 1.807) is 0 Å². The van der Waals surface area contributed by atoms with Crippen molar-refractivity contribution in [3.63, 3.8) is 0 Å². The summed E-state index contributed by atoms with van der Waals surface area (Å²) in [6, 6.07) is 8.21. The monoisotopic (exact) mass is 502 g/mol. The van der Waals surface area contributed by atoms with Crippen LogP contribution in [-0.2, 0) is 28.7 Å². The summed E-state index contributed by atoms with van der Waals surface area (Å²) in [7, 11) is 2.64. The number of hydrogen-bond donors (Lipinski definition) is 4. The number of carboxylic acid groups (broad SMARTS) is 2. The van der Waals surface area contributed by atoms with Crippen molar-refractivity contribution in [1.29, 1.82) is 0 Å². The van der Waals surface area contributed by atoms with Crippen LogP contribution in [0.2, 0.25) is 0 Å². The van der Waals surface area contributed by atoms with E-state index in [2.05, 4.69) is 0 Å². The minimum atomic E-state index is -2.36. The summed E-state index contributed by atoms with van der Waals surface area (Å²) < 4.78 is 19.3. The molecule has 0 aliphatic rings. The Balaban J connectivity index is 2.12. The van der Waals surface area contributed by atoms with Crippen LogP contribution in [-0.4, -0.2) is 70.7 Å². The number of esters is 2. The van der Waals surface area contributed by atoms with Crippen molar-refractivity contribution in [2.24, 2.45) is 0 Å². The molecule has 2 atom stereocenters. The first kappa shape index (κ1) is 27.2. The van der Waals surface area contributed by atoms with Crippen LogP contribution >= 0.6 is 0 Å². The third kappa shape index (κ3) is 7.52. The molecular weight excluding hydrogens is 480 g/mol. The third-order valence-electron chi connectivity index (χ3n) is 4.48. The summed E-state index contributed by atoms with van der Waals surface area (Å²) in [6.45, 7) is 0. The van der Waals surface area contributed by atoms with Crippen LogP contribution < -0.4 is 9.47 Å². The van der Waals surface area contributed by atoms with Gasteiger partial charge in [0.25, 0.3) is 0 Å². The van der Waals surface area contributed by atoms with Gasteiger partial charge in [-0.25, -0.2) is 19.2 Å². The second-order valence-corrected chi connectivity index (χ2v) is 6.92. The number of carbonyl (C=O) groups excluding carboxylic acids is 2. The van der Waals surface area contributed by atoms with E-state index in [9.17, 15) is 39.6 Å². The lowest BCUT2D eigenvalue weighted by molar-refractivity contribution is -0.183. The first-order chi connectivity index (χ1) is 17.0. The summed E-state index contributed by atoms with van der Waals surface area (Å²) >= 11 is 0. The Morgan fingerprint density at radius 1 is 0.694 bits per heavy atom. The Bertz CT molecular complexity index is 1100. The van der Waals surface area contributed by atoms with Gasteiger partial charge in [0, 0.05) is 12.2 Å². The zero-order valence-electron chi connectivity index (χ0n) is 19.0. The smallest absolute Gasteiger partial charge is 0.349 e. The summed E-state index contributed by atoms with van der Waals surface area (Å²) in [5, 5.41) is 37.9. The Morgan fingerprint density at radius 2 is 1.06 bits per heavy atom. The molecule has 2 aromatic rings. The van der Waals surface area contributed by atoms with Crippen LogP contribution in [0.1, 0.15) is 11.1 Å². The molecule has 4 N–H and O–H groups in total. The number of methoxy groups -OCH3 is 2. The second kappa shape index (κ2) is 12.5. The van der Waals surface area contributed by atoms with Gasteiger partial charge in [0.1, 0.15) is 0 Å². The average Bonchev–Trinajstić information content (AvgIpc) is 2.84. The molecule has 0 unspecified atom stereocenters. The average molecular weight is 502 g/mol. The van der Waals surface area contributed by atoms with Crippen molar-refractivity contribution in [3.8, 4) is 23.0 Å². The number of carbonyl (C=O) groups is 4. The highest BCUT2D eigenvalue weighted by molar-refractivity contribution is 5.93. The minimum absolute atomic E-state index is 0.116. The Labute approximate surface area is 204 Å². The zero-order chi connectivity index (χ0) is 26.8. The molecule has 190 valence electrons. The SMILES string of the molecule is COc1cc(/C=C/C(=O)O[C@H](C(=O)O)[C@@H](OC(=O)/C=C/c2ccc(O)c(OC)c2)C(=O)O)ccc1O. The van der Waals surface area contributed by atoms with E-state index < -0.39 is 36.1 Å². The van der Waals surface area contributed by atoms with Gasteiger partial charge in [-0.1, -0.05) is 12.1 Å². The molecule has 0 aromatic heterocycles. The summed E-state index contributed by atoms with van der Waals surface area (Å²) in [5.41, 5.74) is 0.761. The van der Waals surface area contributed by atoms with Crippen molar-refractivity contribution in [3.05, 3.63) is 59.7 Å². The summed E-state index contributed by atoms with van der Waals surface area (Å²) in [4.78, 5) is 47.4. The molecule has 0 bridgehead atoms. The molecule has 2 aromatic carbocycles. The highest BCUT2D eigenvalue weighted by Gasteiger charge is 2.40. The quantitative estimate of drug-likeness (QED) is 0.258. The molecule has 12 heteroatoms. The van der Waals surface area contributed by atoms with Crippen molar-refractivity contribution in [1.82, 2.24) is 0 Å². The van der Waals surface area contributed by atoms with Gasteiger partial charge < -0.3 is 39.4 Å². The lowest BCUT2D eigenvalue weighted by atomic mass is 10.1. The van der Waals surface area contributed by atoms with Crippen LogP contribution in [0, 0.1) is 0 Å². The molecule has 0 heterocycles. The number of ether oxygens (including phenoxy) is 4. The van der Waals surface area contributed by atoms with Crippen molar-refractivity contribution in [2.75, 3.05) is 14.2 Å². The number of phenols is 2. The van der Waals surface area contributed by atoms with E-state index in [-0.39, 0.29) is 23.0 Å². The molecule has 0 spiro atoms. The van der Waals surface area contributed by atoms with E-state index in [0.29, 0.717) is 11.1 Å². The van der Waals surface area contributed by atoms with Gasteiger partial charge in [0.2, 0.25) is 12.2 Å². The number of carboxylic acids is 2. The van der Waals surface area contributed by atoms with Gasteiger partial charge in [-0.2, -0.15) is 0 Å². The highest BCUT2D eigenvalue weighted by atomic mass is 16.6. The fourth-order valence-electron chi connectivity index (χ4n) is 2.74. The minimum Gasteiger partial charge on any atom is -0.504 e. The number of aliphatic carboxylic acids is 2. The van der Waals surface area contributed by atoms with E-state index in [4.69, 9.17) is 18.9 Å². The van der Waals surface area contributed by atoms with Crippen LogP contribution in [0.25, 0.3) is 12.2 Å². The molecule has 0 saturated heterocycles. The third-order valence-corrected chi connectivity index (χ3v) is 4.48. The van der Waals surface area contributed by atoms with Crippen LogP contribution in [0.5, 0.6) is 23.0 Å². The number of hydrogen-bond acceptors (Lipinski definition) is 10. The van der Waals surface area contributed by atoms with Gasteiger partial charge in [-0.3, -0.25) is 0 Å². The van der Waals surface area contributed by atoms with Gasteiger partial charge >= 0.3 is 23.9 Å². The van der Waals surface area contributed by atoms with Crippen LogP contribution in [0.4, 0.5) is 0 Å². The lowest BCUT2D eigenvalue weighted by Gasteiger charge is -2.19. The maximum atomic E-state index is 12.1. The highest BCUT2D eigenvalue weighted by Crippen LogP contribution is 2.27. The van der Waals surface area contributed by atoms with Crippen LogP contribution in [0.15, 0.2) is 48.6 Å². The Hall–Kier alpha value is -5.00. The van der Waals surface area contributed by atoms with Crippen molar-refractivity contribution < 1.29 is 58.6 Å². The standard InChI is InChI=1S/C24H22O12/c1-33-17-11-13(3-7-15(17)25)5-9-19(27)35-21(23(29)30)22(24(31)32)36-20(28)10-6-14-4-8-16(26)18(12-14)34-2/h3-12,21-22,25-26H,1-2H3,(H,29,30)(H,31,32)/b9-5+,10-6+/t21-,22+. The first-order valence-electron chi connectivity index (χ1n) is 10.0. The molecule has 36 heavy (non-hydrogen) atoms. The maximum absolute atomic E-state index is 12.1. The summed E-state index contributed by atoms with van der Waals surface area (Å²) in [6.07, 6.45) is -0.666. The van der Waals surface area contributed by atoms with Gasteiger partial charge in [0.05, 0.1) is 14.2 Å². The Kier molecular flexibility index (Phi) is 9.43. The van der Waals surface area contributed by atoms with E-state index >= 15 is 0 Å². The molecule has 0 saturated carbocycles. The Morgan fingerprint density at radius 3 is 1.36 bits per heavy atom. The molecule has 12 nitrogen and oxygen atoms in total. The van der Waals surface area contributed by atoms with E-state index in [1.165, 1.54) is 62.8 Å². The predicted molar refractivity (Wildman–Crippen MR) is 122 cm³/mol. The lowest BCUT2D eigenvalue weighted by Crippen LogP contribution is -2.45. The largest absolute Gasteiger partial charge is 0.504 e. The maximum Gasteiger partial charge on any atom is 0.349 e. The van der Waals surface area contributed by atoms with E-state index in [0.717, 1.165) is 12.2 Å². The fourth-order valence-corrected chi connectivity index (χ4v) is 2.74. The first-order valence-corrected chi connectivity index (χ1v) is 10.0. The number of benzene rings is 2. The second-order valence-electron chi connectivity index (χ2n) is 6.92. The molecule has 0 fully saturated rings.